The van der Waals surface area contributed by atoms with Crippen LogP contribution >= 0.6 is 15.9 Å². The van der Waals surface area contributed by atoms with Crippen molar-refractivity contribution in [3.8, 4) is 0 Å². The average molecular weight is 574 g/mol. The summed E-state index contributed by atoms with van der Waals surface area (Å²) >= 11 is 2.92. The third kappa shape index (κ3) is 4.43. The van der Waals surface area contributed by atoms with Crippen molar-refractivity contribution < 1.29 is 69.0 Å². The van der Waals surface area contributed by atoms with Gasteiger partial charge in [-0.15, -0.1) is 0 Å². The molecule has 0 bridgehead atoms. The van der Waals surface area contributed by atoms with Crippen LogP contribution < -0.4 is 5.32 Å². The van der Waals surface area contributed by atoms with Crippen LogP contribution in [0.25, 0.3) is 0 Å². The van der Waals surface area contributed by atoms with Crippen LogP contribution in [0.4, 0.5) is 22.4 Å². The molecule has 0 spiro atoms. The Balaban J connectivity index is 2.04. The van der Waals surface area contributed by atoms with Crippen molar-refractivity contribution in [2.24, 2.45) is 0 Å². The maximum atomic E-state index is 14.4. The molecule has 0 aliphatic carbocycles. The summed E-state index contributed by atoms with van der Waals surface area (Å²) in [5, 5.41) is 31.2. The minimum absolute atomic E-state index is 0.287. The Morgan fingerprint density at radius 2 is 1.85 bits per heavy atom. The van der Waals surface area contributed by atoms with E-state index in [2.05, 4.69) is 20.1 Å². The highest BCUT2D eigenvalue weighted by molar-refractivity contribution is 9.09. The Kier molecular flexibility index (Phi) is 7.25. The highest BCUT2D eigenvalue weighted by atomic mass is 79.9. The molecule has 0 aromatic carbocycles. The molecule has 18 heteroatoms. The summed E-state index contributed by atoms with van der Waals surface area (Å²) in [4.78, 5) is 24.5. The number of quaternary nitrogens is 1. The molecule has 12 nitrogen and oxygen atoms in total. The molecule has 0 aromatic heterocycles. The van der Waals surface area contributed by atoms with Crippen LogP contribution in [-0.4, -0.2) is 101 Å². The number of hydrogen-bond acceptors (Lipinski definition) is 10. The predicted molar refractivity (Wildman–Crippen MR) is 97.7 cm³/mol. The van der Waals surface area contributed by atoms with Gasteiger partial charge in [-0.05, 0) is 0 Å². The number of nitrogens with one attached hydrogen (secondary N) is 1. The first-order valence-corrected chi connectivity index (χ1v) is 11.7. The highest BCUT2D eigenvalue weighted by Crippen LogP contribution is 2.42. The second-order valence-electron chi connectivity index (χ2n) is 7.35. The number of carbonyl (C=O) groups excluding carboxylic acids is 2. The van der Waals surface area contributed by atoms with Crippen molar-refractivity contribution in [3.63, 3.8) is 0 Å². The lowest BCUT2D eigenvalue weighted by atomic mass is 10.1. The first-order valence-electron chi connectivity index (χ1n) is 9.15. The van der Waals surface area contributed by atoms with E-state index < -0.39 is 93.9 Å². The molecule has 8 atom stereocenters. The second kappa shape index (κ2) is 9.08. The fourth-order valence-corrected chi connectivity index (χ4v) is 4.99. The van der Waals surface area contributed by atoms with Gasteiger partial charge in [0.15, 0.2) is 12.3 Å². The minimum Gasteiger partial charge on any atom is -0.394 e. The lowest BCUT2D eigenvalue weighted by Gasteiger charge is -2.42. The van der Waals surface area contributed by atoms with E-state index in [0.717, 1.165) is 0 Å². The molecule has 0 saturated carbocycles. The second-order valence-corrected chi connectivity index (χ2v) is 9.56. The molecule has 2 fully saturated rings. The van der Waals surface area contributed by atoms with Crippen LogP contribution in [0.1, 0.15) is 6.42 Å². The van der Waals surface area contributed by atoms with Gasteiger partial charge in [-0.25, -0.2) is 10.1 Å². The van der Waals surface area contributed by atoms with E-state index in [1.165, 1.54) is 0 Å². The number of alkyl halides is 4. The Morgan fingerprint density at radius 3 is 2.36 bits per heavy atom. The summed E-state index contributed by atoms with van der Waals surface area (Å²) in [7, 11) is -6.09. The maximum absolute atomic E-state index is 14.4. The normalized spacial score (nSPS) is 40.1. The number of amides is 3. The molecular weight excluding hydrogens is 556 g/mol. The van der Waals surface area contributed by atoms with Crippen molar-refractivity contribution in [1.82, 2.24) is 5.32 Å². The van der Waals surface area contributed by atoms with Gasteiger partial charge in [0.25, 0.3) is 5.91 Å². The zero-order valence-electron chi connectivity index (χ0n) is 16.2. The topological polar surface area (TPSA) is 169 Å². The van der Waals surface area contributed by atoms with Crippen LogP contribution in [0.2, 0.25) is 0 Å². The zero-order valence-corrected chi connectivity index (χ0v) is 18.6. The Hall–Kier alpha value is -1.25. The first-order chi connectivity index (χ1) is 15.2. The number of carbonyl (C=O) groups is 2. The van der Waals surface area contributed by atoms with Crippen LogP contribution in [0.3, 0.4) is 0 Å². The summed E-state index contributed by atoms with van der Waals surface area (Å²) in [5.41, 5.74) is -5.77. The maximum Gasteiger partial charge on any atom is 0.523 e. The van der Waals surface area contributed by atoms with Gasteiger partial charge in [0.05, 0.1) is 13.0 Å². The summed E-state index contributed by atoms with van der Waals surface area (Å²) < 4.78 is 89.2. The van der Waals surface area contributed by atoms with E-state index in [4.69, 9.17) is 9.47 Å². The quantitative estimate of drug-likeness (QED) is 0.102. The van der Waals surface area contributed by atoms with Crippen LogP contribution in [0.5, 0.6) is 0 Å². The van der Waals surface area contributed by atoms with E-state index in [1.807, 2.05) is 0 Å². The van der Waals surface area contributed by atoms with Crippen molar-refractivity contribution >= 4 is 38.0 Å². The van der Waals surface area contributed by atoms with Crippen LogP contribution in [-0.2, 0) is 28.6 Å². The number of imide groups is 1. The fraction of sp³-hybridized carbons (Fsp3) is 0.733. The van der Waals surface area contributed by atoms with Gasteiger partial charge in [-0.1, -0.05) is 15.9 Å². The molecule has 3 heterocycles. The monoisotopic (exact) mass is 573 g/mol. The van der Waals surface area contributed by atoms with Crippen molar-refractivity contribution in [3.05, 3.63) is 12.0 Å². The zero-order chi connectivity index (χ0) is 24.9. The van der Waals surface area contributed by atoms with Crippen LogP contribution in [0.15, 0.2) is 12.0 Å². The number of aliphatic hydroxyl groups excluding tert-OH is 3. The van der Waals surface area contributed by atoms with E-state index >= 15 is 0 Å². The third-order valence-electron chi connectivity index (χ3n) is 5.40. The van der Waals surface area contributed by atoms with Gasteiger partial charge in [-0.3, -0.25) is 8.98 Å². The predicted octanol–water partition coefficient (Wildman–Crippen LogP) is -0.952. The van der Waals surface area contributed by atoms with Crippen molar-refractivity contribution in [2.75, 3.05) is 11.9 Å². The molecule has 0 aromatic rings. The van der Waals surface area contributed by atoms with Gasteiger partial charge in [0.1, 0.15) is 24.4 Å². The van der Waals surface area contributed by atoms with E-state index in [-0.39, 0.29) is 5.33 Å². The summed E-state index contributed by atoms with van der Waals surface area (Å²) in [6, 6.07) is -1.35. The molecule has 188 valence electrons. The SMILES string of the molecule is O=C1NC(=O)[N+]([C@@H]2C[C@H](OS(=O)(=O)C(F)(F)F)[C@@H](CBr)O2)([C@@H]2O[C@H](CO)[C@@H](O)[C@H]2O)C=C1F. The largest absolute Gasteiger partial charge is 0.523 e. The standard InChI is InChI=1S/C15H17BrF4N2O10S/c16-2-7-6(32-33(28,29)15(18,19)20)1-9(30-7)22(3-5(17)12(26)21-14(22)27)13-11(25)10(24)8(4-23)31-13/h3,6-11,13,23-25H,1-2,4H2/p+1/t6-,7+,8+,9-,10+,11+,13+,22?/m0/s1. The van der Waals surface area contributed by atoms with Crippen molar-refractivity contribution in [2.45, 2.75) is 54.9 Å². The van der Waals surface area contributed by atoms with Gasteiger partial charge >= 0.3 is 21.7 Å². The van der Waals surface area contributed by atoms with Gasteiger partial charge in [0, 0.05) is 5.33 Å². The molecule has 2 saturated heterocycles. The fourth-order valence-electron chi connectivity index (χ4n) is 3.78. The molecule has 0 radical (unpaired) electrons. The summed E-state index contributed by atoms with van der Waals surface area (Å²) in [6.45, 7) is -0.841. The number of aliphatic hydroxyl groups is 3. The van der Waals surface area contributed by atoms with E-state index in [9.17, 15) is 50.9 Å². The smallest absolute Gasteiger partial charge is 0.394 e. The van der Waals surface area contributed by atoms with Crippen molar-refractivity contribution in [1.29, 1.82) is 0 Å². The molecule has 3 amide bonds. The Labute approximate surface area is 191 Å². The van der Waals surface area contributed by atoms with E-state index in [0.29, 0.717) is 6.20 Å². The lowest BCUT2D eigenvalue weighted by Crippen LogP contribution is -2.70. The first kappa shape index (κ1) is 26.4. The van der Waals surface area contributed by atoms with Crippen LogP contribution in [0, 0.1) is 0 Å². The van der Waals surface area contributed by atoms with Gasteiger partial charge in [-0.2, -0.15) is 30.5 Å². The molecule has 3 aliphatic rings. The Bertz CT molecular complexity index is 949. The molecule has 33 heavy (non-hydrogen) atoms. The molecular formula is C15H18BrF4N2O10S+. The molecule has 4 N–H and O–H groups in total. The van der Waals surface area contributed by atoms with Gasteiger partial charge < -0.3 is 24.8 Å². The number of rotatable bonds is 6. The minimum atomic E-state index is -6.09. The molecule has 1 unspecified atom stereocenters. The number of hydrogen-bond donors (Lipinski definition) is 4. The highest BCUT2D eigenvalue weighted by Gasteiger charge is 2.65. The number of ether oxygens (including phenoxy) is 2. The van der Waals surface area contributed by atoms with E-state index in [1.54, 1.807) is 5.32 Å². The number of halogens is 5. The number of nitrogens with zero attached hydrogens (tertiary/aromatic N) is 1. The molecule has 3 aliphatic heterocycles. The van der Waals surface area contributed by atoms with Gasteiger partial charge in [0.2, 0.25) is 18.3 Å². The third-order valence-corrected chi connectivity index (χ3v) is 7.10. The average Bonchev–Trinajstić information content (AvgIpc) is 3.25. The number of urea groups is 1. The summed E-state index contributed by atoms with van der Waals surface area (Å²) in [6.07, 6.45) is -12.5. The summed E-state index contributed by atoms with van der Waals surface area (Å²) in [5.74, 6) is -3.03. The lowest BCUT2D eigenvalue weighted by molar-refractivity contribution is -0.901. The Morgan fingerprint density at radius 1 is 1.21 bits per heavy atom. The molecule has 3 rings (SSSR count).